The van der Waals surface area contributed by atoms with Gasteiger partial charge in [-0.15, -0.1) is 10.2 Å². The van der Waals surface area contributed by atoms with Crippen molar-refractivity contribution in [2.24, 2.45) is 0 Å². The molecule has 0 unspecified atom stereocenters. The van der Waals surface area contributed by atoms with Crippen LogP contribution in [0.2, 0.25) is 0 Å². The minimum Gasteiger partial charge on any atom is -0.295 e. The van der Waals surface area contributed by atoms with E-state index in [1.807, 2.05) is 0 Å². The van der Waals surface area contributed by atoms with E-state index in [2.05, 4.69) is 24.3 Å². The highest BCUT2D eigenvalue weighted by Gasteiger charge is 2.27. The Morgan fingerprint density at radius 1 is 1.44 bits per heavy atom. The Bertz CT molecular complexity index is 504. The molecule has 16 heavy (non-hydrogen) atoms. The number of carbonyl (C=O) groups excluding carboxylic acids is 1. The van der Waals surface area contributed by atoms with E-state index in [4.69, 9.17) is 0 Å². The van der Waals surface area contributed by atoms with Gasteiger partial charge in [0, 0.05) is 5.92 Å². The average molecular weight is 253 g/mol. The number of aromatic nitrogens is 4. The van der Waals surface area contributed by atoms with E-state index < -0.39 is 0 Å². The number of nitrogens with one attached hydrogen (secondary N) is 1. The van der Waals surface area contributed by atoms with Gasteiger partial charge in [0.1, 0.15) is 5.01 Å². The molecule has 8 heteroatoms. The second-order valence-electron chi connectivity index (χ2n) is 3.47. The third-order valence-electron chi connectivity index (χ3n) is 2.18. The van der Waals surface area contributed by atoms with Crippen molar-refractivity contribution in [3.05, 3.63) is 16.9 Å². The summed E-state index contributed by atoms with van der Waals surface area (Å²) in [5.74, 6) is 0.274. The van der Waals surface area contributed by atoms with Gasteiger partial charge in [0.25, 0.3) is 5.91 Å². The zero-order valence-corrected chi connectivity index (χ0v) is 9.72. The highest BCUT2D eigenvalue weighted by molar-refractivity contribution is 7.15. The topological polar surface area (TPSA) is 80.7 Å². The van der Waals surface area contributed by atoms with E-state index in [9.17, 15) is 4.79 Å². The molecule has 2 heterocycles. The zero-order valence-electron chi connectivity index (χ0n) is 8.08. The minimum atomic E-state index is -0.285. The minimum absolute atomic E-state index is 0.285. The van der Waals surface area contributed by atoms with Crippen molar-refractivity contribution >= 4 is 34.1 Å². The van der Waals surface area contributed by atoms with Crippen LogP contribution in [0.15, 0.2) is 6.20 Å². The molecule has 0 aromatic carbocycles. The van der Waals surface area contributed by atoms with Crippen LogP contribution in [-0.4, -0.2) is 24.9 Å². The van der Waals surface area contributed by atoms with Crippen molar-refractivity contribution in [2.45, 2.75) is 18.8 Å². The van der Waals surface area contributed by atoms with Crippen LogP contribution in [0.4, 0.5) is 5.13 Å². The lowest BCUT2D eigenvalue weighted by Crippen LogP contribution is -2.11. The average Bonchev–Trinajstić information content (AvgIpc) is 2.82. The molecule has 1 aliphatic carbocycles. The SMILES string of the molecule is O=C(Nc1nnc(C2CC2)s1)c1cnsn1. The maximum atomic E-state index is 11.6. The van der Waals surface area contributed by atoms with Gasteiger partial charge in [-0.05, 0) is 12.8 Å². The molecule has 0 aliphatic heterocycles. The summed E-state index contributed by atoms with van der Waals surface area (Å²) in [6.07, 6.45) is 3.79. The molecule has 6 nitrogen and oxygen atoms in total. The molecule has 1 amide bonds. The normalized spacial score (nSPS) is 15.0. The van der Waals surface area contributed by atoms with Gasteiger partial charge < -0.3 is 0 Å². The van der Waals surface area contributed by atoms with E-state index in [0.29, 0.717) is 16.7 Å². The van der Waals surface area contributed by atoms with Crippen molar-refractivity contribution < 1.29 is 4.79 Å². The molecule has 3 rings (SSSR count). The number of hydrogen-bond acceptors (Lipinski definition) is 7. The molecule has 0 bridgehead atoms. The lowest BCUT2D eigenvalue weighted by molar-refractivity contribution is 0.102. The van der Waals surface area contributed by atoms with Crippen molar-refractivity contribution in [1.29, 1.82) is 0 Å². The molecule has 1 aliphatic rings. The zero-order chi connectivity index (χ0) is 11.0. The van der Waals surface area contributed by atoms with Crippen LogP contribution >= 0.6 is 23.1 Å². The van der Waals surface area contributed by atoms with Crippen LogP contribution in [0.3, 0.4) is 0 Å². The lowest BCUT2D eigenvalue weighted by atomic mass is 10.4. The van der Waals surface area contributed by atoms with Crippen LogP contribution in [0, 0.1) is 0 Å². The van der Waals surface area contributed by atoms with Crippen molar-refractivity contribution in [2.75, 3.05) is 5.32 Å². The summed E-state index contributed by atoms with van der Waals surface area (Å²) in [5.41, 5.74) is 0.313. The fourth-order valence-corrected chi connectivity index (χ4v) is 2.53. The number of rotatable bonds is 3. The summed E-state index contributed by atoms with van der Waals surface area (Å²) in [5, 5.41) is 12.1. The van der Waals surface area contributed by atoms with Crippen LogP contribution in [0.25, 0.3) is 0 Å². The molecule has 1 saturated carbocycles. The molecule has 82 valence electrons. The maximum absolute atomic E-state index is 11.6. The second kappa shape index (κ2) is 3.87. The predicted molar refractivity (Wildman–Crippen MR) is 59.7 cm³/mol. The molecule has 0 spiro atoms. The quantitative estimate of drug-likeness (QED) is 0.897. The maximum Gasteiger partial charge on any atom is 0.278 e. The van der Waals surface area contributed by atoms with E-state index >= 15 is 0 Å². The predicted octanol–water partition coefficient (Wildman–Crippen LogP) is 1.52. The summed E-state index contributed by atoms with van der Waals surface area (Å²) >= 11 is 2.44. The lowest BCUT2D eigenvalue weighted by Gasteiger charge is -1.94. The number of anilines is 1. The molecule has 1 N–H and O–H groups in total. The first-order valence-electron chi connectivity index (χ1n) is 4.75. The molecule has 0 atom stereocenters. The first-order chi connectivity index (χ1) is 7.83. The molecule has 1 fully saturated rings. The summed E-state index contributed by atoms with van der Waals surface area (Å²) in [6, 6.07) is 0. The van der Waals surface area contributed by atoms with Gasteiger partial charge in [0.2, 0.25) is 5.13 Å². The van der Waals surface area contributed by atoms with Crippen LogP contribution in [-0.2, 0) is 0 Å². The van der Waals surface area contributed by atoms with Crippen molar-refractivity contribution in [3.63, 3.8) is 0 Å². The van der Waals surface area contributed by atoms with Gasteiger partial charge in [-0.3, -0.25) is 10.1 Å². The number of carbonyl (C=O) groups is 1. The van der Waals surface area contributed by atoms with Gasteiger partial charge in [0.15, 0.2) is 5.69 Å². The Labute approximate surface area is 99.1 Å². The Morgan fingerprint density at radius 3 is 3.00 bits per heavy atom. The Hall–Kier alpha value is -1.41. The monoisotopic (exact) mass is 253 g/mol. The van der Waals surface area contributed by atoms with Gasteiger partial charge in [0.05, 0.1) is 17.9 Å². The van der Waals surface area contributed by atoms with E-state index in [-0.39, 0.29) is 5.91 Å². The molecule has 2 aromatic heterocycles. The van der Waals surface area contributed by atoms with E-state index in [1.165, 1.54) is 30.4 Å². The summed E-state index contributed by atoms with van der Waals surface area (Å²) < 4.78 is 7.61. The fourth-order valence-electron chi connectivity index (χ4n) is 1.21. The second-order valence-corrected chi connectivity index (χ2v) is 5.03. The molecule has 0 radical (unpaired) electrons. The van der Waals surface area contributed by atoms with Gasteiger partial charge in [-0.1, -0.05) is 11.3 Å². The Kier molecular flexibility index (Phi) is 2.37. The van der Waals surface area contributed by atoms with E-state index in [0.717, 1.165) is 16.7 Å². The van der Waals surface area contributed by atoms with Crippen molar-refractivity contribution in [3.8, 4) is 0 Å². The smallest absolute Gasteiger partial charge is 0.278 e. The number of hydrogen-bond donors (Lipinski definition) is 1. The fraction of sp³-hybridized carbons (Fsp3) is 0.375. The summed E-state index contributed by atoms with van der Waals surface area (Å²) in [7, 11) is 0. The largest absolute Gasteiger partial charge is 0.295 e. The third kappa shape index (κ3) is 1.93. The van der Waals surface area contributed by atoms with Gasteiger partial charge in [-0.25, -0.2) is 0 Å². The first kappa shape index (κ1) is 9.79. The Balaban J connectivity index is 1.71. The van der Waals surface area contributed by atoms with Gasteiger partial charge >= 0.3 is 0 Å². The first-order valence-corrected chi connectivity index (χ1v) is 6.30. The highest BCUT2D eigenvalue weighted by atomic mass is 32.1. The standard InChI is InChI=1S/C8H7N5OS2/c14-6(5-3-9-16-13-5)10-8-12-11-7(15-8)4-1-2-4/h3-4H,1-2H2,(H,10,12,14). The highest BCUT2D eigenvalue weighted by Crippen LogP contribution is 2.42. The molecule has 0 saturated heterocycles. The number of amides is 1. The molecule has 2 aromatic rings. The van der Waals surface area contributed by atoms with Crippen LogP contribution in [0.5, 0.6) is 0 Å². The molecular weight excluding hydrogens is 246 g/mol. The van der Waals surface area contributed by atoms with Crippen molar-refractivity contribution in [1.82, 2.24) is 18.9 Å². The van der Waals surface area contributed by atoms with Gasteiger partial charge in [-0.2, -0.15) is 8.75 Å². The number of nitrogens with zero attached hydrogens (tertiary/aromatic N) is 4. The van der Waals surface area contributed by atoms with E-state index in [1.54, 1.807) is 0 Å². The summed E-state index contributed by atoms with van der Waals surface area (Å²) in [4.78, 5) is 11.6. The van der Waals surface area contributed by atoms with Crippen LogP contribution in [0.1, 0.15) is 34.3 Å². The molecular formula is C8H7N5OS2. The van der Waals surface area contributed by atoms with Crippen LogP contribution < -0.4 is 5.32 Å². The Morgan fingerprint density at radius 2 is 2.31 bits per heavy atom. The summed E-state index contributed by atoms with van der Waals surface area (Å²) in [6.45, 7) is 0. The third-order valence-corrected chi connectivity index (χ3v) is 3.66.